The minimum absolute atomic E-state index is 0.174. The zero-order valence-electron chi connectivity index (χ0n) is 11.6. The first kappa shape index (κ1) is 15.8. The van der Waals surface area contributed by atoms with E-state index in [0.717, 1.165) is 37.3 Å². The van der Waals surface area contributed by atoms with Gasteiger partial charge in [0.05, 0.1) is 0 Å². The van der Waals surface area contributed by atoms with Crippen LogP contribution in [0.2, 0.25) is 0 Å². The van der Waals surface area contributed by atoms with Crippen LogP contribution >= 0.6 is 0 Å². The molecule has 1 aromatic rings. The van der Waals surface area contributed by atoms with E-state index in [1.807, 2.05) is 6.07 Å². The SMILES string of the molecule is CCCCCc1ccc(CCC=C(F)F)c(F)c1C. The molecule has 0 spiro atoms. The lowest BCUT2D eigenvalue weighted by Gasteiger charge is -2.10. The highest BCUT2D eigenvalue weighted by Gasteiger charge is 2.09. The molecule has 0 amide bonds. The van der Waals surface area contributed by atoms with Gasteiger partial charge in [0.1, 0.15) is 5.82 Å². The molecule has 19 heavy (non-hydrogen) atoms. The van der Waals surface area contributed by atoms with Gasteiger partial charge < -0.3 is 0 Å². The average Bonchev–Trinajstić information content (AvgIpc) is 2.37. The molecule has 1 rings (SSSR count). The molecule has 0 aliphatic rings. The lowest BCUT2D eigenvalue weighted by molar-refractivity contribution is 0.417. The Hall–Kier alpha value is -1.25. The van der Waals surface area contributed by atoms with Gasteiger partial charge in [0.2, 0.25) is 0 Å². The Balaban J connectivity index is 2.71. The summed E-state index contributed by atoms with van der Waals surface area (Å²) in [5, 5.41) is 0. The summed E-state index contributed by atoms with van der Waals surface area (Å²) >= 11 is 0. The van der Waals surface area contributed by atoms with Crippen LogP contribution in [-0.2, 0) is 12.8 Å². The van der Waals surface area contributed by atoms with Crippen molar-refractivity contribution in [2.75, 3.05) is 0 Å². The van der Waals surface area contributed by atoms with Crippen LogP contribution in [0.3, 0.4) is 0 Å². The average molecular weight is 270 g/mol. The molecular formula is C16H21F3. The molecule has 0 nitrogen and oxygen atoms in total. The fraction of sp³-hybridized carbons (Fsp3) is 0.500. The summed E-state index contributed by atoms with van der Waals surface area (Å²) in [6.45, 7) is 3.90. The van der Waals surface area contributed by atoms with Gasteiger partial charge >= 0.3 is 0 Å². The molecule has 106 valence electrons. The molecule has 0 aromatic heterocycles. The maximum Gasteiger partial charge on any atom is 0.266 e. The molecule has 0 saturated heterocycles. The highest BCUT2D eigenvalue weighted by molar-refractivity contribution is 5.33. The summed E-state index contributed by atoms with van der Waals surface area (Å²) in [4.78, 5) is 0. The van der Waals surface area contributed by atoms with Gasteiger partial charge in [-0.1, -0.05) is 31.9 Å². The lowest BCUT2D eigenvalue weighted by Crippen LogP contribution is -1.99. The summed E-state index contributed by atoms with van der Waals surface area (Å²) in [5.41, 5.74) is 2.22. The van der Waals surface area contributed by atoms with Crippen LogP contribution in [0.1, 0.15) is 49.3 Å². The second-order valence-electron chi connectivity index (χ2n) is 4.81. The summed E-state index contributed by atoms with van der Waals surface area (Å²) in [7, 11) is 0. The monoisotopic (exact) mass is 270 g/mol. The quantitative estimate of drug-likeness (QED) is 0.567. The number of benzene rings is 1. The molecular weight excluding hydrogens is 249 g/mol. The third-order valence-electron chi connectivity index (χ3n) is 3.34. The Bertz CT molecular complexity index is 432. The Kier molecular flexibility index (Phi) is 6.68. The van der Waals surface area contributed by atoms with E-state index in [-0.39, 0.29) is 12.2 Å². The standard InChI is InChI=1S/C16H21F3/c1-3-4-5-7-13-10-11-14(16(19)12(13)2)8-6-9-15(17)18/h9-11H,3-8H2,1-2H3. The van der Waals surface area contributed by atoms with E-state index in [1.165, 1.54) is 0 Å². The number of allylic oxidation sites excluding steroid dienone is 1. The molecule has 0 bridgehead atoms. The lowest BCUT2D eigenvalue weighted by atomic mass is 9.97. The Morgan fingerprint density at radius 1 is 1.11 bits per heavy atom. The van der Waals surface area contributed by atoms with Crippen LogP contribution in [0.4, 0.5) is 13.2 Å². The third kappa shape index (κ3) is 5.09. The van der Waals surface area contributed by atoms with Crippen molar-refractivity contribution in [1.82, 2.24) is 0 Å². The van der Waals surface area contributed by atoms with Gasteiger partial charge in [0.25, 0.3) is 6.08 Å². The van der Waals surface area contributed by atoms with Crippen molar-refractivity contribution < 1.29 is 13.2 Å². The molecule has 0 saturated carbocycles. The number of halogens is 3. The summed E-state index contributed by atoms with van der Waals surface area (Å²) < 4.78 is 37.9. The maximum atomic E-state index is 14.1. The topological polar surface area (TPSA) is 0 Å². The molecule has 0 fully saturated rings. The maximum absolute atomic E-state index is 14.1. The summed E-state index contributed by atoms with van der Waals surface area (Å²) in [6, 6.07) is 3.66. The number of aryl methyl sites for hydroxylation is 2. The Labute approximate surface area is 113 Å². The molecule has 0 radical (unpaired) electrons. The van der Waals surface area contributed by atoms with Crippen molar-refractivity contribution in [1.29, 1.82) is 0 Å². The molecule has 0 atom stereocenters. The van der Waals surface area contributed by atoms with Gasteiger partial charge in [-0.15, -0.1) is 0 Å². The Morgan fingerprint density at radius 2 is 1.79 bits per heavy atom. The normalized spacial score (nSPS) is 10.6. The Morgan fingerprint density at radius 3 is 2.42 bits per heavy atom. The van der Waals surface area contributed by atoms with E-state index in [1.54, 1.807) is 13.0 Å². The van der Waals surface area contributed by atoms with E-state index in [0.29, 0.717) is 17.5 Å². The van der Waals surface area contributed by atoms with E-state index in [4.69, 9.17) is 0 Å². The zero-order valence-corrected chi connectivity index (χ0v) is 11.6. The number of unbranched alkanes of at least 4 members (excludes halogenated alkanes) is 2. The predicted octanol–water partition coefficient (Wildman–Crippen LogP) is 5.58. The van der Waals surface area contributed by atoms with E-state index < -0.39 is 6.08 Å². The smallest absolute Gasteiger partial charge is 0.206 e. The molecule has 3 heteroatoms. The molecule has 0 aliphatic carbocycles. The minimum Gasteiger partial charge on any atom is -0.206 e. The van der Waals surface area contributed by atoms with Crippen molar-refractivity contribution in [2.24, 2.45) is 0 Å². The van der Waals surface area contributed by atoms with Crippen molar-refractivity contribution >= 4 is 0 Å². The van der Waals surface area contributed by atoms with Crippen LogP contribution in [-0.4, -0.2) is 0 Å². The van der Waals surface area contributed by atoms with Gasteiger partial charge in [-0.2, -0.15) is 8.78 Å². The summed E-state index contributed by atoms with van der Waals surface area (Å²) in [6.07, 6.45) is 3.86. The predicted molar refractivity (Wildman–Crippen MR) is 73.0 cm³/mol. The van der Waals surface area contributed by atoms with Gasteiger partial charge in [-0.25, -0.2) is 4.39 Å². The number of rotatable bonds is 7. The first-order chi connectivity index (χ1) is 9.06. The molecule has 0 N–H and O–H groups in total. The van der Waals surface area contributed by atoms with Crippen LogP contribution in [0.25, 0.3) is 0 Å². The van der Waals surface area contributed by atoms with Crippen LogP contribution in [0.15, 0.2) is 24.3 Å². The van der Waals surface area contributed by atoms with Crippen molar-refractivity contribution in [3.8, 4) is 0 Å². The number of hydrogen-bond donors (Lipinski definition) is 0. The summed E-state index contributed by atoms with van der Waals surface area (Å²) in [5.74, 6) is -0.235. The number of hydrogen-bond acceptors (Lipinski definition) is 0. The zero-order chi connectivity index (χ0) is 14.3. The van der Waals surface area contributed by atoms with Gasteiger partial charge in [-0.3, -0.25) is 0 Å². The van der Waals surface area contributed by atoms with Crippen LogP contribution in [0.5, 0.6) is 0 Å². The molecule has 0 unspecified atom stereocenters. The van der Waals surface area contributed by atoms with Gasteiger partial charge in [-0.05, 0) is 55.4 Å². The minimum atomic E-state index is -1.70. The highest BCUT2D eigenvalue weighted by atomic mass is 19.3. The van der Waals surface area contributed by atoms with Crippen molar-refractivity contribution in [3.05, 3.63) is 46.8 Å². The fourth-order valence-electron chi connectivity index (χ4n) is 2.15. The van der Waals surface area contributed by atoms with E-state index in [9.17, 15) is 13.2 Å². The second kappa shape index (κ2) is 8.03. The molecule has 0 aliphatic heterocycles. The van der Waals surface area contributed by atoms with Crippen molar-refractivity contribution in [2.45, 2.75) is 52.4 Å². The third-order valence-corrected chi connectivity index (χ3v) is 3.34. The molecule has 1 aromatic carbocycles. The van der Waals surface area contributed by atoms with Crippen LogP contribution in [0, 0.1) is 12.7 Å². The van der Waals surface area contributed by atoms with E-state index in [2.05, 4.69) is 6.92 Å². The largest absolute Gasteiger partial charge is 0.266 e. The van der Waals surface area contributed by atoms with E-state index >= 15 is 0 Å². The highest BCUT2D eigenvalue weighted by Crippen LogP contribution is 2.20. The second-order valence-corrected chi connectivity index (χ2v) is 4.81. The van der Waals surface area contributed by atoms with Crippen LogP contribution < -0.4 is 0 Å². The first-order valence-corrected chi connectivity index (χ1v) is 6.84. The molecule has 0 heterocycles. The van der Waals surface area contributed by atoms with Gasteiger partial charge in [0.15, 0.2) is 0 Å². The van der Waals surface area contributed by atoms with Gasteiger partial charge in [0, 0.05) is 0 Å². The fourth-order valence-corrected chi connectivity index (χ4v) is 2.15. The first-order valence-electron chi connectivity index (χ1n) is 6.84. The van der Waals surface area contributed by atoms with Crippen molar-refractivity contribution in [3.63, 3.8) is 0 Å².